The first kappa shape index (κ1) is 13.2. The molecule has 0 amide bonds. The van der Waals surface area contributed by atoms with Crippen molar-refractivity contribution in [2.45, 2.75) is 32.8 Å². The molecule has 0 bridgehead atoms. The number of piperidine rings is 1. The molecule has 1 N–H and O–H groups in total. The van der Waals surface area contributed by atoms with Gasteiger partial charge in [-0.25, -0.2) is 0 Å². The van der Waals surface area contributed by atoms with Crippen LogP contribution in [0.2, 0.25) is 0 Å². The molecule has 0 aromatic heterocycles. The molecule has 3 heteroatoms. The maximum absolute atomic E-state index is 9.31. The first-order chi connectivity index (χ1) is 8.70. The number of benzene rings is 1. The lowest BCUT2D eigenvalue weighted by Crippen LogP contribution is -2.37. The van der Waals surface area contributed by atoms with Gasteiger partial charge in [0, 0.05) is 19.7 Å². The molecular weight excluding hydrogens is 226 g/mol. The summed E-state index contributed by atoms with van der Waals surface area (Å²) in [6.07, 6.45) is 2.45. The van der Waals surface area contributed by atoms with Gasteiger partial charge in [0.1, 0.15) is 5.75 Å². The van der Waals surface area contributed by atoms with E-state index in [0.717, 1.165) is 37.4 Å². The lowest BCUT2D eigenvalue weighted by molar-refractivity contribution is 0.207. The Balaban J connectivity index is 2.16. The predicted octanol–water partition coefficient (Wildman–Crippen LogP) is 2.68. The van der Waals surface area contributed by atoms with E-state index in [1.807, 2.05) is 32.0 Å². The fourth-order valence-corrected chi connectivity index (χ4v) is 2.50. The Hall–Kier alpha value is -1.22. The zero-order chi connectivity index (χ0) is 13.0. The topological polar surface area (TPSA) is 32.7 Å². The molecule has 1 aliphatic rings. The molecular formula is C15H23NO2. The SMILES string of the molecule is CC(C)Oc1ccccc1N1CCCC(CO)C1. The van der Waals surface area contributed by atoms with E-state index < -0.39 is 0 Å². The second-order valence-electron chi connectivity index (χ2n) is 5.27. The van der Waals surface area contributed by atoms with Gasteiger partial charge < -0.3 is 14.7 Å². The number of para-hydroxylation sites is 2. The van der Waals surface area contributed by atoms with Crippen LogP contribution in [-0.2, 0) is 0 Å². The monoisotopic (exact) mass is 249 g/mol. The number of hydrogen-bond donors (Lipinski definition) is 1. The maximum Gasteiger partial charge on any atom is 0.142 e. The third-order valence-corrected chi connectivity index (χ3v) is 3.35. The number of aliphatic hydroxyl groups excluding tert-OH is 1. The smallest absolute Gasteiger partial charge is 0.142 e. The largest absolute Gasteiger partial charge is 0.489 e. The first-order valence-electron chi connectivity index (χ1n) is 6.82. The minimum Gasteiger partial charge on any atom is -0.489 e. The Morgan fingerprint density at radius 3 is 2.89 bits per heavy atom. The van der Waals surface area contributed by atoms with Crippen molar-refractivity contribution in [3.8, 4) is 5.75 Å². The lowest BCUT2D eigenvalue weighted by Gasteiger charge is -2.34. The molecule has 0 spiro atoms. The van der Waals surface area contributed by atoms with Gasteiger partial charge in [-0.05, 0) is 44.7 Å². The summed E-state index contributed by atoms with van der Waals surface area (Å²) in [6.45, 7) is 6.35. The Morgan fingerprint density at radius 1 is 1.39 bits per heavy atom. The van der Waals surface area contributed by atoms with Gasteiger partial charge in [-0.3, -0.25) is 0 Å². The summed E-state index contributed by atoms with van der Waals surface area (Å²) < 4.78 is 5.86. The van der Waals surface area contributed by atoms with Gasteiger partial charge in [0.2, 0.25) is 0 Å². The van der Waals surface area contributed by atoms with Crippen LogP contribution in [0.25, 0.3) is 0 Å². The van der Waals surface area contributed by atoms with Crippen molar-refractivity contribution >= 4 is 5.69 Å². The second kappa shape index (κ2) is 6.10. The average molecular weight is 249 g/mol. The lowest BCUT2D eigenvalue weighted by atomic mass is 9.98. The molecule has 1 aliphatic heterocycles. The molecule has 1 atom stereocenters. The van der Waals surface area contributed by atoms with Crippen molar-refractivity contribution in [3.63, 3.8) is 0 Å². The van der Waals surface area contributed by atoms with E-state index in [0.29, 0.717) is 5.92 Å². The highest BCUT2D eigenvalue weighted by Gasteiger charge is 2.21. The van der Waals surface area contributed by atoms with E-state index >= 15 is 0 Å². The molecule has 2 rings (SSSR count). The van der Waals surface area contributed by atoms with Crippen LogP contribution in [0, 0.1) is 5.92 Å². The Bertz CT molecular complexity index is 379. The predicted molar refractivity (Wildman–Crippen MR) is 74.2 cm³/mol. The minimum atomic E-state index is 0.185. The van der Waals surface area contributed by atoms with Crippen LogP contribution in [0.5, 0.6) is 5.75 Å². The van der Waals surface area contributed by atoms with E-state index in [1.165, 1.54) is 0 Å². The molecule has 100 valence electrons. The number of nitrogens with zero attached hydrogens (tertiary/aromatic N) is 1. The van der Waals surface area contributed by atoms with E-state index in [4.69, 9.17) is 4.74 Å². The van der Waals surface area contributed by atoms with Gasteiger partial charge in [0.25, 0.3) is 0 Å². The Labute approximate surface area is 109 Å². The van der Waals surface area contributed by atoms with Crippen LogP contribution in [0.4, 0.5) is 5.69 Å². The normalized spacial score (nSPS) is 20.2. The number of hydrogen-bond acceptors (Lipinski definition) is 3. The van der Waals surface area contributed by atoms with Crippen LogP contribution < -0.4 is 9.64 Å². The Morgan fingerprint density at radius 2 is 2.17 bits per heavy atom. The standard InChI is InChI=1S/C15H23NO2/c1-12(2)18-15-8-4-3-7-14(15)16-9-5-6-13(10-16)11-17/h3-4,7-8,12-13,17H,5-6,9-11H2,1-2H3. The summed E-state index contributed by atoms with van der Waals surface area (Å²) in [5, 5.41) is 9.31. The third kappa shape index (κ3) is 3.16. The molecule has 1 saturated heterocycles. The fourth-order valence-electron chi connectivity index (χ4n) is 2.50. The highest BCUT2D eigenvalue weighted by molar-refractivity contribution is 5.58. The summed E-state index contributed by atoms with van der Waals surface area (Å²) in [5.41, 5.74) is 1.16. The molecule has 1 fully saturated rings. The van der Waals surface area contributed by atoms with Crippen LogP contribution in [0.15, 0.2) is 24.3 Å². The van der Waals surface area contributed by atoms with Gasteiger partial charge in [0.05, 0.1) is 11.8 Å². The highest BCUT2D eigenvalue weighted by Crippen LogP contribution is 2.32. The first-order valence-corrected chi connectivity index (χ1v) is 6.82. The summed E-state index contributed by atoms with van der Waals surface area (Å²) >= 11 is 0. The summed E-state index contributed by atoms with van der Waals surface area (Å²) in [6, 6.07) is 8.19. The zero-order valence-corrected chi connectivity index (χ0v) is 11.3. The van der Waals surface area contributed by atoms with Gasteiger partial charge in [0.15, 0.2) is 0 Å². The minimum absolute atomic E-state index is 0.185. The molecule has 1 aromatic carbocycles. The van der Waals surface area contributed by atoms with Crippen molar-refractivity contribution in [1.29, 1.82) is 0 Å². The fraction of sp³-hybridized carbons (Fsp3) is 0.600. The van der Waals surface area contributed by atoms with E-state index in [1.54, 1.807) is 0 Å². The Kier molecular flexibility index (Phi) is 4.48. The second-order valence-corrected chi connectivity index (χ2v) is 5.27. The summed E-state index contributed by atoms with van der Waals surface area (Å²) in [4.78, 5) is 2.34. The quantitative estimate of drug-likeness (QED) is 0.890. The molecule has 0 saturated carbocycles. The molecule has 0 aliphatic carbocycles. The number of ether oxygens (including phenoxy) is 1. The highest BCUT2D eigenvalue weighted by atomic mass is 16.5. The van der Waals surface area contributed by atoms with Gasteiger partial charge in [-0.15, -0.1) is 0 Å². The van der Waals surface area contributed by atoms with Crippen molar-refractivity contribution in [2.75, 3.05) is 24.6 Å². The van der Waals surface area contributed by atoms with E-state index in [9.17, 15) is 5.11 Å². The third-order valence-electron chi connectivity index (χ3n) is 3.35. The molecule has 1 unspecified atom stereocenters. The molecule has 1 aromatic rings. The number of anilines is 1. The number of rotatable bonds is 4. The summed E-state index contributed by atoms with van der Waals surface area (Å²) in [7, 11) is 0. The van der Waals surface area contributed by atoms with Crippen LogP contribution >= 0.6 is 0 Å². The van der Waals surface area contributed by atoms with Gasteiger partial charge in [-0.1, -0.05) is 12.1 Å². The van der Waals surface area contributed by atoms with Crippen molar-refractivity contribution < 1.29 is 9.84 Å². The van der Waals surface area contributed by atoms with Crippen LogP contribution in [0.1, 0.15) is 26.7 Å². The van der Waals surface area contributed by atoms with E-state index in [2.05, 4.69) is 11.0 Å². The van der Waals surface area contributed by atoms with Gasteiger partial charge >= 0.3 is 0 Å². The average Bonchev–Trinajstić information content (AvgIpc) is 2.39. The van der Waals surface area contributed by atoms with E-state index in [-0.39, 0.29) is 12.7 Å². The molecule has 18 heavy (non-hydrogen) atoms. The number of aliphatic hydroxyl groups is 1. The molecule has 1 heterocycles. The zero-order valence-electron chi connectivity index (χ0n) is 11.3. The summed E-state index contributed by atoms with van der Waals surface area (Å²) in [5.74, 6) is 1.34. The van der Waals surface area contributed by atoms with Crippen molar-refractivity contribution in [1.82, 2.24) is 0 Å². The molecule has 3 nitrogen and oxygen atoms in total. The maximum atomic E-state index is 9.31. The van der Waals surface area contributed by atoms with Crippen molar-refractivity contribution in [2.24, 2.45) is 5.92 Å². The molecule has 0 radical (unpaired) electrons. The van der Waals surface area contributed by atoms with Crippen LogP contribution in [0.3, 0.4) is 0 Å². The van der Waals surface area contributed by atoms with Gasteiger partial charge in [-0.2, -0.15) is 0 Å². The van der Waals surface area contributed by atoms with Crippen molar-refractivity contribution in [3.05, 3.63) is 24.3 Å². The van der Waals surface area contributed by atoms with Crippen LogP contribution in [-0.4, -0.2) is 30.9 Å².